The summed E-state index contributed by atoms with van der Waals surface area (Å²) in [6.45, 7) is 8.90. The van der Waals surface area contributed by atoms with Gasteiger partial charge in [-0.25, -0.2) is 4.98 Å². The third kappa shape index (κ3) is 4.33. The Kier molecular flexibility index (Phi) is 6.34. The number of carbonyl (C=O) groups excluding carboxylic acids is 1. The Hall–Kier alpha value is -1.92. The molecule has 1 atom stereocenters. The molecule has 0 radical (unpaired) electrons. The first-order valence-corrected chi connectivity index (χ1v) is 8.96. The lowest BCUT2D eigenvalue weighted by Gasteiger charge is -2.15. The zero-order valence-electron chi connectivity index (χ0n) is 14.7. The number of hydrogen-bond donors (Lipinski definition) is 2. The predicted molar refractivity (Wildman–Crippen MR) is 97.8 cm³/mol. The van der Waals surface area contributed by atoms with E-state index in [2.05, 4.69) is 10.3 Å². The van der Waals surface area contributed by atoms with Crippen LogP contribution in [0.2, 0.25) is 0 Å². The van der Waals surface area contributed by atoms with Gasteiger partial charge in [-0.2, -0.15) is 0 Å². The molecule has 1 heterocycles. The van der Waals surface area contributed by atoms with Gasteiger partial charge in [-0.15, -0.1) is 11.3 Å². The Bertz CT molecular complexity index is 693. The average molecular weight is 347 g/mol. The van der Waals surface area contributed by atoms with E-state index < -0.39 is 0 Å². The van der Waals surface area contributed by atoms with Crippen molar-refractivity contribution >= 4 is 17.2 Å². The van der Waals surface area contributed by atoms with E-state index in [1.54, 1.807) is 17.4 Å². The highest BCUT2D eigenvalue weighted by molar-refractivity contribution is 7.11. The highest BCUT2D eigenvalue weighted by Gasteiger charge is 2.18. The van der Waals surface area contributed by atoms with Gasteiger partial charge in [0.05, 0.1) is 11.7 Å². The van der Waals surface area contributed by atoms with E-state index in [1.165, 1.54) is 4.88 Å². The van der Waals surface area contributed by atoms with Crippen LogP contribution in [0.4, 0.5) is 0 Å². The molecule has 3 N–H and O–H groups in total. The van der Waals surface area contributed by atoms with Gasteiger partial charge in [0.1, 0.15) is 17.4 Å². The number of carbonyl (C=O) groups is 1. The van der Waals surface area contributed by atoms with Crippen molar-refractivity contribution in [1.29, 1.82) is 0 Å². The van der Waals surface area contributed by atoms with E-state index in [1.807, 2.05) is 39.8 Å². The third-order valence-corrected chi connectivity index (χ3v) is 5.07. The summed E-state index contributed by atoms with van der Waals surface area (Å²) in [4.78, 5) is 18.4. The maximum Gasteiger partial charge on any atom is 0.251 e. The molecule has 5 nitrogen and oxygen atoms in total. The summed E-state index contributed by atoms with van der Waals surface area (Å²) in [7, 11) is 0. The Morgan fingerprint density at radius 3 is 2.71 bits per heavy atom. The van der Waals surface area contributed by atoms with E-state index in [4.69, 9.17) is 10.5 Å². The number of rotatable bonds is 7. The van der Waals surface area contributed by atoms with Crippen molar-refractivity contribution < 1.29 is 9.53 Å². The minimum atomic E-state index is -0.120. The molecule has 0 fully saturated rings. The molecule has 0 saturated carbocycles. The van der Waals surface area contributed by atoms with E-state index >= 15 is 0 Å². The van der Waals surface area contributed by atoms with Gasteiger partial charge in [0.15, 0.2) is 0 Å². The lowest BCUT2D eigenvalue weighted by atomic mass is 10.1. The Morgan fingerprint density at radius 1 is 1.38 bits per heavy atom. The summed E-state index contributed by atoms with van der Waals surface area (Å²) in [5.74, 6) is 0.576. The fourth-order valence-corrected chi connectivity index (χ4v) is 3.35. The number of aromatic nitrogens is 1. The van der Waals surface area contributed by atoms with Crippen molar-refractivity contribution in [1.82, 2.24) is 10.3 Å². The zero-order valence-corrected chi connectivity index (χ0v) is 15.5. The minimum absolute atomic E-state index is 0.0791. The number of nitrogens with two attached hydrogens (primary N) is 1. The van der Waals surface area contributed by atoms with Gasteiger partial charge >= 0.3 is 0 Å². The first-order chi connectivity index (χ1) is 11.5. The average Bonchev–Trinajstić information content (AvgIpc) is 2.90. The van der Waals surface area contributed by atoms with Crippen molar-refractivity contribution in [3.63, 3.8) is 0 Å². The van der Waals surface area contributed by atoms with Crippen molar-refractivity contribution in [2.75, 3.05) is 13.2 Å². The monoisotopic (exact) mass is 347 g/mol. The van der Waals surface area contributed by atoms with E-state index in [-0.39, 0.29) is 11.9 Å². The molecule has 0 aliphatic carbocycles. The SMILES string of the molecule is CCC(NC(=O)c1ccc(C)c(OCCN)c1)c1nc(C)c(C)s1. The van der Waals surface area contributed by atoms with Crippen LogP contribution in [-0.2, 0) is 0 Å². The summed E-state index contributed by atoms with van der Waals surface area (Å²) in [6.07, 6.45) is 0.792. The smallest absolute Gasteiger partial charge is 0.251 e. The summed E-state index contributed by atoms with van der Waals surface area (Å²) >= 11 is 1.64. The van der Waals surface area contributed by atoms with Crippen molar-refractivity contribution in [2.45, 2.75) is 40.2 Å². The van der Waals surface area contributed by atoms with Crippen LogP contribution in [0.5, 0.6) is 5.75 Å². The lowest BCUT2D eigenvalue weighted by molar-refractivity contribution is 0.0935. The standard InChI is InChI=1S/C18H25N3O2S/c1-5-15(18-20-12(3)13(4)24-18)21-17(22)14-7-6-11(2)16(10-14)23-9-8-19/h6-7,10,15H,5,8-9,19H2,1-4H3,(H,21,22). The molecule has 0 saturated heterocycles. The molecule has 2 rings (SSSR count). The van der Waals surface area contributed by atoms with Gasteiger partial charge in [0.25, 0.3) is 5.91 Å². The third-order valence-electron chi connectivity index (χ3n) is 3.88. The van der Waals surface area contributed by atoms with Crippen LogP contribution in [0.25, 0.3) is 0 Å². The van der Waals surface area contributed by atoms with E-state index in [0.717, 1.165) is 22.7 Å². The van der Waals surface area contributed by atoms with Crippen LogP contribution in [0.15, 0.2) is 18.2 Å². The number of thiazole rings is 1. The second-order valence-electron chi connectivity index (χ2n) is 5.75. The van der Waals surface area contributed by atoms with Gasteiger partial charge in [0, 0.05) is 17.0 Å². The number of hydrogen-bond acceptors (Lipinski definition) is 5. The molecular formula is C18H25N3O2S. The topological polar surface area (TPSA) is 77.2 Å². The number of nitrogens with zero attached hydrogens (tertiary/aromatic N) is 1. The molecule has 1 aromatic heterocycles. The molecule has 6 heteroatoms. The van der Waals surface area contributed by atoms with Gasteiger partial charge in [-0.1, -0.05) is 13.0 Å². The number of aryl methyl sites for hydroxylation is 3. The van der Waals surface area contributed by atoms with E-state index in [0.29, 0.717) is 24.5 Å². The van der Waals surface area contributed by atoms with Crippen LogP contribution in [0.3, 0.4) is 0 Å². The maximum absolute atomic E-state index is 12.6. The first-order valence-electron chi connectivity index (χ1n) is 8.14. The highest BCUT2D eigenvalue weighted by atomic mass is 32.1. The fourth-order valence-electron chi connectivity index (χ4n) is 2.29. The quantitative estimate of drug-likeness (QED) is 0.806. The van der Waals surface area contributed by atoms with Gasteiger partial charge < -0.3 is 15.8 Å². The number of ether oxygens (including phenoxy) is 1. The molecular weight excluding hydrogens is 322 g/mol. The number of amides is 1. The van der Waals surface area contributed by atoms with Crippen LogP contribution < -0.4 is 15.8 Å². The van der Waals surface area contributed by atoms with Gasteiger partial charge in [-0.3, -0.25) is 4.79 Å². The highest BCUT2D eigenvalue weighted by Crippen LogP contribution is 2.26. The number of benzene rings is 1. The molecule has 0 bridgehead atoms. The Balaban J connectivity index is 2.15. The van der Waals surface area contributed by atoms with Crippen molar-refractivity contribution in [3.05, 3.63) is 44.9 Å². The molecule has 1 aromatic carbocycles. The van der Waals surface area contributed by atoms with Crippen LogP contribution in [-0.4, -0.2) is 24.0 Å². The molecule has 1 unspecified atom stereocenters. The Labute approximate surface area is 147 Å². The summed E-state index contributed by atoms with van der Waals surface area (Å²) in [5, 5.41) is 4.02. The van der Waals surface area contributed by atoms with Crippen LogP contribution in [0.1, 0.15) is 50.9 Å². The molecule has 0 aliphatic heterocycles. The van der Waals surface area contributed by atoms with Crippen LogP contribution >= 0.6 is 11.3 Å². The first kappa shape index (κ1) is 18.4. The van der Waals surface area contributed by atoms with E-state index in [9.17, 15) is 4.79 Å². The largest absolute Gasteiger partial charge is 0.492 e. The number of nitrogens with one attached hydrogen (secondary N) is 1. The summed E-state index contributed by atoms with van der Waals surface area (Å²) < 4.78 is 5.60. The van der Waals surface area contributed by atoms with Crippen LogP contribution in [0, 0.1) is 20.8 Å². The van der Waals surface area contributed by atoms with Gasteiger partial charge in [0.2, 0.25) is 0 Å². The summed E-state index contributed by atoms with van der Waals surface area (Å²) in [5.41, 5.74) is 8.06. The molecule has 2 aromatic rings. The van der Waals surface area contributed by atoms with Gasteiger partial charge in [-0.05, 0) is 44.9 Å². The maximum atomic E-state index is 12.6. The fraction of sp³-hybridized carbons (Fsp3) is 0.444. The normalized spacial score (nSPS) is 12.0. The van der Waals surface area contributed by atoms with Crippen molar-refractivity contribution in [2.24, 2.45) is 5.73 Å². The molecule has 24 heavy (non-hydrogen) atoms. The Morgan fingerprint density at radius 2 is 2.12 bits per heavy atom. The second-order valence-corrected chi connectivity index (χ2v) is 6.98. The molecule has 1 amide bonds. The predicted octanol–water partition coefficient (Wildman–Crippen LogP) is 3.29. The summed E-state index contributed by atoms with van der Waals surface area (Å²) in [6, 6.07) is 5.39. The molecule has 130 valence electrons. The minimum Gasteiger partial charge on any atom is -0.492 e. The molecule has 0 aliphatic rings. The second kappa shape index (κ2) is 8.26. The molecule has 0 spiro atoms. The lowest BCUT2D eigenvalue weighted by Crippen LogP contribution is -2.28. The zero-order chi connectivity index (χ0) is 17.7. The van der Waals surface area contributed by atoms with Crippen molar-refractivity contribution in [3.8, 4) is 5.75 Å².